The van der Waals surface area contributed by atoms with Crippen molar-refractivity contribution in [2.75, 3.05) is 11.9 Å². The summed E-state index contributed by atoms with van der Waals surface area (Å²) in [4.78, 5) is 21.1. The Morgan fingerprint density at radius 3 is 2.69 bits per heavy atom. The van der Waals surface area contributed by atoms with E-state index >= 15 is 0 Å². The highest BCUT2D eigenvalue weighted by Gasteiger charge is 2.40. The Morgan fingerprint density at radius 2 is 1.91 bits per heavy atom. The van der Waals surface area contributed by atoms with Gasteiger partial charge in [-0.2, -0.15) is 4.31 Å². The van der Waals surface area contributed by atoms with E-state index in [9.17, 15) is 13.2 Å². The molecule has 2 aromatic carbocycles. The molecule has 7 nitrogen and oxygen atoms in total. The fourth-order valence-corrected chi connectivity index (χ4v) is 7.21. The van der Waals surface area contributed by atoms with Crippen LogP contribution in [0.25, 0.3) is 22.4 Å². The van der Waals surface area contributed by atoms with Crippen LogP contribution < -0.4 is 5.32 Å². The maximum Gasteiger partial charge on any atom is 0.253 e. The zero-order valence-electron chi connectivity index (χ0n) is 16.8. The highest BCUT2D eigenvalue weighted by Crippen LogP contribution is 2.33. The van der Waals surface area contributed by atoms with Gasteiger partial charge in [0.2, 0.25) is 5.91 Å². The smallest absolute Gasteiger partial charge is 0.253 e. The summed E-state index contributed by atoms with van der Waals surface area (Å²) in [7, 11) is -3.80. The number of fused-ring (bicyclic) bond motifs is 1. The number of thiophene rings is 1. The molecule has 10 heteroatoms. The number of rotatable bonds is 5. The Morgan fingerprint density at radius 1 is 1.12 bits per heavy atom. The number of anilines is 1. The number of carbonyl (C=O) groups is 1. The second-order valence-corrected chi connectivity index (χ2v) is 11.3. The molecule has 1 fully saturated rings. The average Bonchev–Trinajstić information content (AvgIpc) is 3.53. The molecule has 3 heterocycles. The first-order valence-corrected chi connectivity index (χ1v) is 12.7. The molecule has 1 aliphatic rings. The highest BCUT2D eigenvalue weighted by molar-refractivity contribution is 7.91. The molecule has 0 aliphatic carbocycles. The van der Waals surface area contributed by atoms with E-state index < -0.39 is 16.1 Å². The van der Waals surface area contributed by atoms with Gasteiger partial charge < -0.3 is 10.3 Å². The molecular weight excluding hydrogens is 468 g/mol. The maximum absolute atomic E-state index is 13.2. The van der Waals surface area contributed by atoms with Crippen LogP contribution in [-0.2, 0) is 14.8 Å². The Hall–Kier alpha value is -2.72. The number of benzene rings is 2. The molecule has 164 valence electrons. The highest BCUT2D eigenvalue weighted by atomic mass is 35.5. The van der Waals surface area contributed by atoms with Gasteiger partial charge in [0.1, 0.15) is 16.1 Å². The molecule has 1 amide bonds. The molecule has 2 N–H and O–H groups in total. The summed E-state index contributed by atoms with van der Waals surface area (Å²) in [6.07, 6.45) is 1.07. The number of carbonyl (C=O) groups excluding carboxylic acids is 1. The zero-order valence-corrected chi connectivity index (χ0v) is 19.2. The number of aromatic amines is 1. The van der Waals surface area contributed by atoms with Gasteiger partial charge in [0.25, 0.3) is 10.0 Å². The number of halogens is 1. The number of hydrogen-bond donors (Lipinski definition) is 2. The lowest BCUT2D eigenvalue weighted by Gasteiger charge is -2.23. The minimum absolute atomic E-state index is 0.143. The Labute approximate surface area is 194 Å². The number of para-hydroxylation sites is 3. The van der Waals surface area contributed by atoms with Crippen molar-refractivity contribution < 1.29 is 13.2 Å². The van der Waals surface area contributed by atoms with Gasteiger partial charge in [0.15, 0.2) is 0 Å². The third kappa shape index (κ3) is 3.81. The van der Waals surface area contributed by atoms with E-state index in [0.717, 1.165) is 27.9 Å². The van der Waals surface area contributed by atoms with E-state index in [2.05, 4.69) is 15.3 Å². The quantitative estimate of drug-likeness (QED) is 0.426. The molecular formula is C22H19ClN4O3S2. The predicted octanol–water partition coefficient (Wildman–Crippen LogP) is 4.74. The van der Waals surface area contributed by atoms with Crippen molar-refractivity contribution in [3.8, 4) is 11.4 Å². The third-order valence-electron chi connectivity index (χ3n) is 5.45. The van der Waals surface area contributed by atoms with E-state index in [-0.39, 0.29) is 10.1 Å². The summed E-state index contributed by atoms with van der Waals surface area (Å²) in [6, 6.07) is 17.3. The average molecular weight is 487 g/mol. The summed E-state index contributed by atoms with van der Waals surface area (Å²) in [5, 5.41) is 2.93. The number of nitrogens with zero attached hydrogens (tertiary/aromatic N) is 2. The molecule has 5 rings (SSSR count). The molecule has 0 bridgehead atoms. The number of nitrogens with one attached hydrogen (secondary N) is 2. The van der Waals surface area contributed by atoms with Crippen molar-refractivity contribution in [2.45, 2.75) is 23.1 Å². The molecule has 1 aliphatic heterocycles. The van der Waals surface area contributed by atoms with Crippen molar-refractivity contribution in [3.05, 3.63) is 65.0 Å². The van der Waals surface area contributed by atoms with Gasteiger partial charge in [0, 0.05) is 12.1 Å². The number of hydrogen-bond acceptors (Lipinski definition) is 5. The molecule has 2 aromatic heterocycles. The van der Waals surface area contributed by atoms with E-state index in [1.165, 1.54) is 10.4 Å². The molecule has 1 atom stereocenters. The van der Waals surface area contributed by atoms with Gasteiger partial charge in [0.05, 0.1) is 21.1 Å². The Bertz CT molecular complexity index is 1380. The van der Waals surface area contributed by atoms with Gasteiger partial charge in [-0.05, 0) is 49.2 Å². The fraction of sp³-hybridized carbons (Fsp3) is 0.182. The van der Waals surface area contributed by atoms with E-state index in [1.54, 1.807) is 12.1 Å². The normalized spacial score (nSPS) is 17.1. The third-order valence-corrected chi connectivity index (χ3v) is 9.05. The second kappa shape index (κ2) is 8.32. The topological polar surface area (TPSA) is 95.2 Å². The van der Waals surface area contributed by atoms with Crippen LogP contribution in [0.15, 0.2) is 64.9 Å². The summed E-state index contributed by atoms with van der Waals surface area (Å²) >= 11 is 6.92. The summed E-state index contributed by atoms with van der Waals surface area (Å²) in [5.41, 5.74) is 3.02. The number of imidazole rings is 1. The van der Waals surface area contributed by atoms with Crippen LogP contribution in [0, 0.1) is 0 Å². The Balaban J connectivity index is 1.43. The van der Waals surface area contributed by atoms with Crippen molar-refractivity contribution >= 4 is 55.6 Å². The first-order valence-electron chi connectivity index (χ1n) is 10.1. The number of amides is 1. The second-order valence-electron chi connectivity index (χ2n) is 7.47. The van der Waals surface area contributed by atoms with Gasteiger partial charge in [-0.3, -0.25) is 4.79 Å². The number of aromatic nitrogens is 2. The lowest BCUT2D eigenvalue weighted by Crippen LogP contribution is -2.42. The lowest BCUT2D eigenvalue weighted by atomic mass is 10.1. The first-order chi connectivity index (χ1) is 15.4. The molecule has 4 aromatic rings. The number of H-pyrrole nitrogens is 1. The maximum atomic E-state index is 13.2. The standard InChI is InChI=1S/C22H19ClN4O3S2/c23-19-11-12-20(31-19)32(29,30)27-13-5-10-18(27)22(28)26-15-7-2-1-6-14(15)21-24-16-8-3-4-9-17(16)25-21/h1-4,6-9,11-12,18H,5,10,13H2,(H,24,25)(H,26,28)/t18-/m0/s1. The van der Waals surface area contributed by atoms with E-state index in [1.807, 2.05) is 42.5 Å². The van der Waals surface area contributed by atoms with E-state index in [4.69, 9.17) is 11.6 Å². The van der Waals surface area contributed by atoms with Crippen molar-refractivity contribution in [1.82, 2.24) is 14.3 Å². The fourth-order valence-electron chi connectivity index (χ4n) is 3.94. The SMILES string of the molecule is O=C(Nc1ccccc1-c1nc2ccccc2[nH]1)[C@@H]1CCCN1S(=O)(=O)c1ccc(Cl)s1. The first kappa shape index (κ1) is 21.1. The van der Waals surface area contributed by atoms with Gasteiger partial charge in [-0.1, -0.05) is 35.9 Å². The summed E-state index contributed by atoms with van der Waals surface area (Å²) in [5.74, 6) is 0.267. The van der Waals surface area contributed by atoms with Crippen molar-refractivity contribution in [2.24, 2.45) is 0 Å². The molecule has 0 saturated carbocycles. The molecule has 32 heavy (non-hydrogen) atoms. The minimum atomic E-state index is -3.80. The summed E-state index contributed by atoms with van der Waals surface area (Å²) in [6.45, 7) is 0.293. The number of sulfonamides is 1. The van der Waals surface area contributed by atoms with Gasteiger partial charge in [-0.25, -0.2) is 13.4 Å². The van der Waals surface area contributed by atoms with Crippen LogP contribution in [0.5, 0.6) is 0 Å². The molecule has 0 radical (unpaired) electrons. The van der Waals surface area contributed by atoms with Crippen LogP contribution in [0.1, 0.15) is 12.8 Å². The van der Waals surface area contributed by atoms with Gasteiger partial charge >= 0.3 is 0 Å². The van der Waals surface area contributed by atoms with E-state index in [0.29, 0.717) is 35.2 Å². The van der Waals surface area contributed by atoms with Crippen LogP contribution in [0.2, 0.25) is 4.34 Å². The van der Waals surface area contributed by atoms with Crippen LogP contribution in [0.4, 0.5) is 5.69 Å². The zero-order chi connectivity index (χ0) is 22.3. The largest absolute Gasteiger partial charge is 0.338 e. The molecule has 1 saturated heterocycles. The molecule has 0 unspecified atom stereocenters. The molecule has 0 spiro atoms. The summed E-state index contributed by atoms with van der Waals surface area (Å²) < 4.78 is 28.0. The van der Waals surface area contributed by atoms with Crippen LogP contribution in [-0.4, -0.2) is 41.2 Å². The van der Waals surface area contributed by atoms with Crippen molar-refractivity contribution in [3.63, 3.8) is 0 Å². The van der Waals surface area contributed by atoms with Crippen LogP contribution >= 0.6 is 22.9 Å². The lowest BCUT2D eigenvalue weighted by molar-refractivity contribution is -0.119. The Kier molecular flexibility index (Phi) is 5.50. The van der Waals surface area contributed by atoms with Crippen LogP contribution in [0.3, 0.4) is 0 Å². The predicted molar refractivity (Wildman–Crippen MR) is 126 cm³/mol. The monoisotopic (exact) mass is 486 g/mol. The van der Waals surface area contributed by atoms with Gasteiger partial charge in [-0.15, -0.1) is 11.3 Å². The minimum Gasteiger partial charge on any atom is -0.338 e. The van der Waals surface area contributed by atoms with Crippen molar-refractivity contribution in [1.29, 1.82) is 0 Å².